The van der Waals surface area contributed by atoms with Crippen molar-refractivity contribution in [1.82, 2.24) is 5.32 Å². The second-order valence-electron chi connectivity index (χ2n) is 3.24. The summed E-state index contributed by atoms with van der Waals surface area (Å²) in [5.41, 5.74) is 0. The van der Waals surface area contributed by atoms with Gasteiger partial charge in [0.15, 0.2) is 5.75 Å². The molecular weight excluding hydrogens is 237 g/mol. The molecule has 1 amide bonds. The molecule has 0 spiro atoms. The predicted octanol–water partition coefficient (Wildman–Crippen LogP) is 3.49. The summed E-state index contributed by atoms with van der Waals surface area (Å²) in [6.45, 7) is 3.67. The predicted molar refractivity (Wildman–Crippen MR) is 60.8 cm³/mol. The Bertz CT molecular complexity index is 366. The van der Waals surface area contributed by atoms with Crippen molar-refractivity contribution in [2.45, 2.75) is 19.9 Å². The molecule has 5 heteroatoms. The van der Waals surface area contributed by atoms with Gasteiger partial charge in [0.2, 0.25) is 0 Å². The van der Waals surface area contributed by atoms with E-state index in [0.717, 1.165) is 0 Å². The van der Waals surface area contributed by atoms with Gasteiger partial charge in [-0.15, -0.1) is 0 Å². The van der Waals surface area contributed by atoms with Gasteiger partial charge in [0, 0.05) is 6.04 Å². The fourth-order valence-electron chi connectivity index (χ4n) is 0.928. The van der Waals surface area contributed by atoms with Crippen LogP contribution in [-0.4, -0.2) is 12.1 Å². The Labute approximate surface area is 98.3 Å². The molecule has 0 saturated carbocycles. The number of nitrogens with one attached hydrogen (secondary N) is 1. The van der Waals surface area contributed by atoms with Crippen LogP contribution in [0.5, 0.6) is 5.75 Å². The first-order valence-corrected chi connectivity index (χ1v) is 5.18. The monoisotopic (exact) mass is 247 g/mol. The van der Waals surface area contributed by atoms with Gasteiger partial charge in [0.05, 0.1) is 5.02 Å². The van der Waals surface area contributed by atoms with Crippen molar-refractivity contribution in [3.05, 3.63) is 28.2 Å². The second-order valence-corrected chi connectivity index (χ2v) is 4.03. The summed E-state index contributed by atoms with van der Waals surface area (Å²) >= 11 is 11.6. The van der Waals surface area contributed by atoms with Crippen molar-refractivity contribution in [3.8, 4) is 5.75 Å². The average molecular weight is 248 g/mol. The topological polar surface area (TPSA) is 38.3 Å². The number of halogens is 2. The smallest absolute Gasteiger partial charge is 0.409 e. The van der Waals surface area contributed by atoms with Crippen LogP contribution >= 0.6 is 23.2 Å². The molecule has 0 aromatic heterocycles. The molecule has 0 aliphatic rings. The van der Waals surface area contributed by atoms with Gasteiger partial charge in [-0.25, -0.2) is 4.79 Å². The van der Waals surface area contributed by atoms with Crippen LogP contribution in [-0.2, 0) is 0 Å². The standard InChI is InChI=1S/C10H11Cl2NO2/c1-6(2)13-10(14)15-8-5-3-4-7(11)9(8)12/h3-6H,1-2H3,(H,13,14). The minimum atomic E-state index is -0.547. The number of benzene rings is 1. The third-order valence-corrected chi connectivity index (χ3v) is 2.33. The Kier molecular flexibility index (Phi) is 4.24. The van der Waals surface area contributed by atoms with Gasteiger partial charge in [-0.05, 0) is 26.0 Å². The van der Waals surface area contributed by atoms with Gasteiger partial charge in [0.1, 0.15) is 5.02 Å². The average Bonchev–Trinajstić information content (AvgIpc) is 2.11. The molecule has 0 bridgehead atoms. The number of hydrogen-bond acceptors (Lipinski definition) is 2. The summed E-state index contributed by atoms with van der Waals surface area (Å²) in [4.78, 5) is 11.3. The van der Waals surface area contributed by atoms with E-state index in [0.29, 0.717) is 5.02 Å². The molecule has 0 aliphatic carbocycles. The van der Waals surface area contributed by atoms with E-state index in [4.69, 9.17) is 27.9 Å². The first-order chi connectivity index (χ1) is 7.00. The summed E-state index contributed by atoms with van der Waals surface area (Å²) in [5.74, 6) is 0.252. The van der Waals surface area contributed by atoms with Crippen molar-refractivity contribution in [2.75, 3.05) is 0 Å². The molecule has 0 radical (unpaired) electrons. The number of amides is 1. The highest BCUT2D eigenvalue weighted by Crippen LogP contribution is 2.31. The van der Waals surface area contributed by atoms with Gasteiger partial charge in [0.25, 0.3) is 0 Å². The highest BCUT2D eigenvalue weighted by molar-refractivity contribution is 6.43. The molecule has 0 atom stereocenters. The van der Waals surface area contributed by atoms with Gasteiger partial charge in [-0.1, -0.05) is 29.3 Å². The number of rotatable bonds is 2. The molecule has 1 rings (SSSR count). The van der Waals surface area contributed by atoms with Crippen LogP contribution in [0.25, 0.3) is 0 Å². The van der Waals surface area contributed by atoms with E-state index >= 15 is 0 Å². The Hall–Kier alpha value is -0.930. The van der Waals surface area contributed by atoms with Gasteiger partial charge >= 0.3 is 6.09 Å². The van der Waals surface area contributed by atoms with Crippen molar-refractivity contribution in [3.63, 3.8) is 0 Å². The molecule has 0 unspecified atom stereocenters. The van der Waals surface area contributed by atoms with E-state index < -0.39 is 6.09 Å². The largest absolute Gasteiger partial charge is 0.412 e. The van der Waals surface area contributed by atoms with Crippen LogP contribution in [0.1, 0.15) is 13.8 Å². The number of carbonyl (C=O) groups is 1. The SMILES string of the molecule is CC(C)NC(=O)Oc1cccc(Cl)c1Cl. The summed E-state index contributed by atoms with van der Waals surface area (Å²) < 4.78 is 4.97. The van der Waals surface area contributed by atoms with Crippen molar-refractivity contribution in [2.24, 2.45) is 0 Å². The molecule has 3 nitrogen and oxygen atoms in total. The Balaban J connectivity index is 2.73. The maximum Gasteiger partial charge on any atom is 0.412 e. The van der Waals surface area contributed by atoms with Gasteiger partial charge in [-0.3, -0.25) is 0 Å². The molecule has 82 valence electrons. The fourth-order valence-corrected chi connectivity index (χ4v) is 1.26. The van der Waals surface area contributed by atoms with E-state index in [1.54, 1.807) is 18.2 Å². The Morgan fingerprint density at radius 1 is 1.40 bits per heavy atom. The summed E-state index contributed by atoms with van der Waals surface area (Å²) in [6.07, 6.45) is -0.547. The van der Waals surface area contributed by atoms with Gasteiger partial charge < -0.3 is 10.1 Å². The van der Waals surface area contributed by atoms with Crippen LogP contribution in [0.2, 0.25) is 10.0 Å². The molecule has 15 heavy (non-hydrogen) atoms. The summed E-state index contributed by atoms with van der Waals surface area (Å²) in [7, 11) is 0. The minimum absolute atomic E-state index is 0.00968. The van der Waals surface area contributed by atoms with Crippen molar-refractivity contribution in [1.29, 1.82) is 0 Å². The molecule has 0 heterocycles. The molecule has 1 N–H and O–H groups in total. The molecule has 0 aliphatic heterocycles. The van der Waals surface area contributed by atoms with Crippen molar-refractivity contribution < 1.29 is 9.53 Å². The Morgan fingerprint density at radius 2 is 2.07 bits per heavy atom. The highest BCUT2D eigenvalue weighted by Gasteiger charge is 2.10. The number of hydrogen-bond donors (Lipinski definition) is 1. The van der Waals surface area contributed by atoms with E-state index in [-0.39, 0.29) is 16.8 Å². The van der Waals surface area contributed by atoms with Crippen LogP contribution in [0.3, 0.4) is 0 Å². The maximum absolute atomic E-state index is 11.3. The molecule has 0 saturated heterocycles. The normalized spacial score (nSPS) is 10.2. The van der Waals surface area contributed by atoms with E-state index in [2.05, 4.69) is 5.32 Å². The third-order valence-electron chi connectivity index (χ3n) is 1.53. The van der Waals surface area contributed by atoms with Gasteiger partial charge in [-0.2, -0.15) is 0 Å². The van der Waals surface area contributed by atoms with Crippen LogP contribution in [0.4, 0.5) is 4.79 Å². The van der Waals surface area contributed by atoms with E-state index in [1.807, 2.05) is 13.8 Å². The summed E-state index contributed by atoms with van der Waals surface area (Å²) in [5, 5.41) is 3.16. The molecule has 1 aromatic rings. The van der Waals surface area contributed by atoms with Crippen LogP contribution in [0, 0.1) is 0 Å². The lowest BCUT2D eigenvalue weighted by Crippen LogP contribution is -2.32. The lowest BCUT2D eigenvalue weighted by Gasteiger charge is -2.10. The fraction of sp³-hybridized carbons (Fsp3) is 0.300. The third kappa shape index (κ3) is 3.61. The molecule has 1 aromatic carbocycles. The van der Waals surface area contributed by atoms with Crippen LogP contribution in [0.15, 0.2) is 18.2 Å². The van der Waals surface area contributed by atoms with E-state index in [1.165, 1.54) is 0 Å². The van der Waals surface area contributed by atoms with E-state index in [9.17, 15) is 4.79 Å². The maximum atomic E-state index is 11.3. The zero-order valence-electron chi connectivity index (χ0n) is 8.38. The lowest BCUT2D eigenvalue weighted by atomic mass is 10.3. The minimum Gasteiger partial charge on any atom is -0.409 e. The van der Waals surface area contributed by atoms with Crippen molar-refractivity contribution >= 4 is 29.3 Å². The number of carbonyl (C=O) groups excluding carboxylic acids is 1. The second kappa shape index (κ2) is 5.24. The van der Waals surface area contributed by atoms with Crippen LogP contribution < -0.4 is 10.1 Å². The first-order valence-electron chi connectivity index (χ1n) is 4.43. The zero-order chi connectivity index (χ0) is 11.4. The molecular formula is C10H11Cl2NO2. The molecule has 0 fully saturated rings. The number of ether oxygens (including phenoxy) is 1. The first kappa shape index (κ1) is 12.1. The quantitative estimate of drug-likeness (QED) is 0.869. The Morgan fingerprint density at radius 3 is 2.67 bits per heavy atom. The lowest BCUT2D eigenvalue weighted by molar-refractivity contribution is 0.198. The summed E-state index contributed by atoms with van der Waals surface area (Å²) in [6, 6.07) is 4.87. The highest BCUT2D eigenvalue weighted by atomic mass is 35.5. The zero-order valence-corrected chi connectivity index (χ0v) is 9.89.